The smallest absolute Gasteiger partial charge is 0.239 e. The molecule has 2 amide bonds. The molecule has 1 aromatic carbocycles. The summed E-state index contributed by atoms with van der Waals surface area (Å²) in [5, 5.41) is 0. The van der Waals surface area contributed by atoms with Gasteiger partial charge in [-0.3, -0.25) is 9.59 Å². The first-order chi connectivity index (χ1) is 13.6. The van der Waals surface area contributed by atoms with Gasteiger partial charge in [-0.2, -0.15) is 0 Å². The van der Waals surface area contributed by atoms with E-state index < -0.39 is 5.41 Å². The number of carbonyl (C=O) groups is 2. The van der Waals surface area contributed by atoms with Gasteiger partial charge in [0, 0.05) is 12.5 Å². The van der Waals surface area contributed by atoms with Gasteiger partial charge in [-0.05, 0) is 34.7 Å². The van der Waals surface area contributed by atoms with Crippen molar-refractivity contribution in [1.82, 2.24) is 4.98 Å². The second-order valence-electron chi connectivity index (χ2n) is 9.47. The van der Waals surface area contributed by atoms with Gasteiger partial charge < -0.3 is 9.47 Å². The molecule has 0 radical (unpaired) electrons. The number of rotatable bonds is 3. The van der Waals surface area contributed by atoms with Crippen molar-refractivity contribution >= 4 is 17.5 Å². The Balaban J connectivity index is 1.53. The highest BCUT2D eigenvalue weighted by Gasteiger charge is 2.45. The monoisotopic (exact) mass is 394 g/mol. The van der Waals surface area contributed by atoms with Gasteiger partial charge in [0.1, 0.15) is 5.75 Å². The molecule has 2 aliphatic heterocycles. The number of amides is 2. The highest BCUT2D eigenvalue weighted by Crippen LogP contribution is 2.44. The number of carbonyl (C=O) groups excluding carboxylic acids is 2. The second-order valence-corrected chi connectivity index (χ2v) is 9.47. The summed E-state index contributed by atoms with van der Waals surface area (Å²) in [6.07, 6.45) is 1.73. The maximum atomic E-state index is 12.5. The van der Waals surface area contributed by atoms with Crippen LogP contribution in [0.25, 0.3) is 0 Å². The number of imide groups is 1. The molecule has 1 atom stereocenters. The van der Waals surface area contributed by atoms with E-state index in [1.165, 1.54) is 16.7 Å². The molecule has 1 saturated heterocycles. The predicted octanol–water partition coefficient (Wildman–Crippen LogP) is 4.78. The van der Waals surface area contributed by atoms with Crippen molar-refractivity contribution in [2.24, 2.45) is 10.8 Å². The zero-order valence-electron chi connectivity index (χ0n) is 17.5. The zero-order chi connectivity index (χ0) is 21.0. The molecular weight excluding hydrogens is 368 g/mol. The van der Waals surface area contributed by atoms with Crippen molar-refractivity contribution in [2.75, 3.05) is 4.90 Å². The van der Waals surface area contributed by atoms with Gasteiger partial charge in [0.2, 0.25) is 17.7 Å². The van der Waals surface area contributed by atoms with Crippen LogP contribution in [0.5, 0.6) is 11.6 Å². The molecule has 1 aromatic heterocycles. The van der Waals surface area contributed by atoms with Crippen LogP contribution in [-0.2, 0) is 20.9 Å². The first kappa shape index (κ1) is 19.6. The lowest BCUT2D eigenvalue weighted by molar-refractivity contribution is -0.124. The van der Waals surface area contributed by atoms with Crippen LogP contribution in [0.2, 0.25) is 0 Å². The quantitative estimate of drug-likeness (QED) is 0.701. The number of fused-ring (bicyclic) bond motifs is 1. The molecule has 1 fully saturated rings. The summed E-state index contributed by atoms with van der Waals surface area (Å²) < 4.78 is 11.9. The number of pyridine rings is 1. The molecule has 0 spiro atoms. The summed E-state index contributed by atoms with van der Waals surface area (Å²) in [5.74, 6) is 0.670. The Labute approximate surface area is 170 Å². The summed E-state index contributed by atoms with van der Waals surface area (Å²) in [7, 11) is 0. The van der Waals surface area contributed by atoms with Crippen molar-refractivity contribution in [3.63, 3.8) is 0 Å². The van der Waals surface area contributed by atoms with Gasteiger partial charge in [-0.25, -0.2) is 9.88 Å². The molecule has 0 bridgehead atoms. The average Bonchev–Trinajstić information content (AvgIpc) is 3.14. The highest BCUT2D eigenvalue weighted by atomic mass is 16.5. The lowest BCUT2D eigenvalue weighted by Gasteiger charge is -2.27. The van der Waals surface area contributed by atoms with Crippen LogP contribution in [0.15, 0.2) is 36.5 Å². The molecule has 6 nitrogen and oxygen atoms in total. The summed E-state index contributed by atoms with van der Waals surface area (Å²) in [6.45, 7) is 10.6. The average molecular weight is 394 g/mol. The predicted molar refractivity (Wildman–Crippen MR) is 109 cm³/mol. The van der Waals surface area contributed by atoms with Crippen molar-refractivity contribution in [1.29, 1.82) is 0 Å². The molecule has 0 N–H and O–H groups in total. The molecule has 152 valence electrons. The van der Waals surface area contributed by atoms with E-state index in [9.17, 15) is 9.59 Å². The largest absolute Gasteiger partial charge is 0.439 e. The molecule has 2 aliphatic rings. The Kier molecular flexibility index (Phi) is 4.50. The Bertz CT molecular complexity index is 973. The number of benzene rings is 1. The zero-order valence-corrected chi connectivity index (χ0v) is 17.5. The van der Waals surface area contributed by atoms with Gasteiger partial charge in [0.05, 0.1) is 30.0 Å². The van der Waals surface area contributed by atoms with E-state index in [-0.39, 0.29) is 29.8 Å². The summed E-state index contributed by atoms with van der Waals surface area (Å²) >= 11 is 0. The highest BCUT2D eigenvalue weighted by molar-refractivity contribution is 6.22. The first-order valence-corrected chi connectivity index (χ1v) is 9.82. The van der Waals surface area contributed by atoms with Gasteiger partial charge >= 0.3 is 0 Å². The first-order valence-electron chi connectivity index (χ1n) is 9.82. The van der Waals surface area contributed by atoms with Crippen LogP contribution < -0.4 is 9.64 Å². The molecule has 1 unspecified atom stereocenters. The topological polar surface area (TPSA) is 68.7 Å². The third-order valence-corrected chi connectivity index (χ3v) is 5.42. The SMILES string of the molecule is CC1(C)CC(=O)N(c2ccc(Oc3ccc4c(c3)C(C(C)(C)C)OC4)nc2)C1=O. The van der Waals surface area contributed by atoms with Crippen LogP contribution in [0, 0.1) is 10.8 Å². The minimum atomic E-state index is -0.678. The molecule has 0 saturated carbocycles. The number of hydrogen-bond donors (Lipinski definition) is 0. The Morgan fingerprint density at radius 1 is 1.17 bits per heavy atom. The maximum absolute atomic E-state index is 12.5. The van der Waals surface area contributed by atoms with Crippen molar-refractivity contribution in [2.45, 2.75) is 53.8 Å². The molecule has 29 heavy (non-hydrogen) atoms. The van der Waals surface area contributed by atoms with E-state index in [4.69, 9.17) is 9.47 Å². The molecular formula is C23H26N2O4. The number of hydrogen-bond acceptors (Lipinski definition) is 5. The summed E-state index contributed by atoms with van der Waals surface area (Å²) in [6, 6.07) is 9.29. The van der Waals surface area contributed by atoms with Gasteiger partial charge in [0.25, 0.3) is 0 Å². The van der Waals surface area contributed by atoms with Gasteiger partial charge in [-0.15, -0.1) is 0 Å². The number of aromatic nitrogens is 1. The number of ether oxygens (including phenoxy) is 2. The van der Waals surface area contributed by atoms with Crippen LogP contribution >= 0.6 is 0 Å². The minimum Gasteiger partial charge on any atom is -0.439 e. The fourth-order valence-corrected chi connectivity index (χ4v) is 3.89. The van der Waals surface area contributed by atoms with Crippen molar-refractivity contribution in [3.05, 3.63) is 47.7 Å². The fraction of sp³-hybridized carbons (Fsp3) is 0.435. The third-order valence-electron chi connectivity index (χ3n) is 5.42. The molecule has 3 heterocycles. The van der Waals surface area contributed by atoms with Gasteiger partial charge in [-0.1, -0.05) is 40.7 Å². The van der Waals surface area contributed by atoms with Crippen molar-refractivity contribution in [3.8, 4) is 11.6 Å². The molecule has 6 heteroatoms. The number of anilines is 1. The second kappa shape index (κ2) is 6.66. The van der Waals surface area contributed by atoms with E-state index in [1.54, 1.807) is 26.0 Å². The molecule has 4 rings (SSSR count). The van der Waals surface area contributed by atoms with Crippen LogP contribution in [0.3, 0.4) is 0 Å². The Morgan fingerprint density at radius 2 is 1.93 bits per heavy atom. The van der Waals surface area contributed by atoms with Crippen LogP contribution in [0.4, 0.5) is 5.69 Å². The normalized spacial score (nSPS) is 20.9. The molecule has 2 aromatic rings. The van der Waals surface area contributed by atoms with E-state index in [0.29, 0.717) is 23.9 Å². The Morgan fingerprint density at radius 3 is 2.52 bits per heavy atom. The summed E-state index contributed by atoms with van der Waals surface area (Å²) in [5.41, 5.74) is 2.10. The lowest BCUT2D eigenvalue weighted by atomic mass is 9.84. The maximum Gasteiger partial charge on any atom is 0.239 e. The number of nitrogens with zero attached hydrogens (tertiary/aromatic N) is 2. The molecule has 0 aliphatic carbocycles. The van der Waals surface area contributed by atoms with E-state index in [0.717, 1.165) is 5.56 Å². The minimum absolute atomic E-state index is 0.00759. The van der Waals surface area contributed by atoms with E-state index in [1.807, 2.05) is 18.2 Å². The fourth-order valence-electron chi connectivity index (χ4n) is 3.89. The van der Waals surface area contributed by atoms with Crippen LogP contribution in [-0.4, -0.2) is 16.8 Å². The lowest BCUT2D eigenvalue weighted by Crippen LogP contribution is -2.32. The standard InChI is InChI=1S/C23H26N2O4/c1-22(2,3)20-17-10-16(8-6-14(17)13-28-20)29-18-9-7-15(12-24-18)25-19(26)11-23(4,5)21(25)27/h6-10,12,20H,11,13H2,1-5H3. The van der Waals surface area contributed by atoms with Crippen LogP contribution in [0.1, 0.15) is 58.3 Å². The van der Waals surface area contributed by atoms with E-state index in [2.05, 4.69) is 25.8 Å². The van der Waals surface area contributed by atoms with E-state index >= 15 is 0 Å². The Hall–Kier alpha value is -2.73. The van der Waals surface area contributed by atoms with Crippen molar-refractivity contribution < 1.29 is 19.1 Å². The summed E-state index contributed by atoms with van der Waals surface area (Å²) in [4.78, 5) is 30.2. The van der Waals surface area contributed by atoms with Gasteiger partial charge in [0.15, 0.2) is 0 Å². The third kappa shape index (κ3) is 3.53.